The van der Waals surface area contributed by atoms with Gasteiger partial charge in [0, 0.05) is 25.4 Å². The minimum absolute atomic E-state index is 0.0504. The van der Waals surface area contributed by atoms with E-state index >= 15 is 0 Å². The predicted octanol–water partition coefficient (Wildman–Crippen LogP) is 1.28. The van der Waals surface area contributed by atoms with Gasteiger partial charge in [-0.2, -0.15) is 0 Å². The predicted molar refractivity (Wildman–Crippen MR) is 80.8 cm³/mol. The molecular weight excluding hydrogens is 275 g/mol. The Bertz CT molecular complexity index is 797. The van der Waals surface area contributed by atoms with E-state index in [2.05, 4.69) is 9.72 Å². The highest BCUT2D eigenvalue weighted by atomic mass is 32.1. The molecule has 0 atom stereocenters. The molecule has 0 radical (unpaired) electrons. The fourth-order valence-electron chi connectivity index (χ4n) is 1.74. The van der Waals surface area contributed by atoms with Gasteiger partial charge in [-0.15, -0.1) is 11.3 Å². The quantitative estimate of drug-likeness (QED) is 0.787. The number of hydrogen-bond acceptors (Lipinski definition) is 6. The van der Waals surface area contributed by atoms with Crippen molar-refractivity contribution in [3.63, 3.8) is 0 Å². The van der Waals surface area contributed by atoms with Crippen molar-refractivity contribution in [2.45, 2.75) is 45.0 Å². The molecule has 20 heavy (non-hydrogen) atoms. The Labute approximate surface area is 137 Å². The van der Waals surface area contributed by atoms with Gasteiger partial charge in [0.15, 0.2) is 5.13 Å². The van der Waals surface area contributed by atoms with Crippen LogP contribution in [-0.2, 0) is 14.0 Å². The summed E-state index contributed by atoms with van der Waals surface area (Å²) in [5, 5.41) is -0.365. The number of aromatic nitrogens is 1. The second-order valence-corrected chi connectivity index (χ2v) is 6.34. The van der Waals surface area contributed by atoms with Crippen LogP contribution in [0.15, 0.2) is 5.36 Å². The number of hydrogen-bond donors (Lipinski definition) is 0. The fraction of sp³-hybridized carbons (Fsp3) is 0.769. The molecule has 2 saturated heterocycles. The lowest BCUT2D eigenvalue weighted by Gasteiger charge is -2.37. The lowest BCUT2D eigenvalue weighted by atomic mass is 9.86. The number of thiazole rings is 1. The zero-order valence-electron chi connectivity index (χ0n) is 20.6. The molecule has 2 aliphatic heterocycles. The maximum Gasteiger partial charge on any atom is 0.515 e. The Hall–Kier alpha value is -0.625. The summed E-state index contributed by atoms with van der Waals surface area (Å²) in [6.07, 6.45) is -3.02. The minimum Gasteiger partial charge on any atom is -0.398 e. The highest BCUT2D eigenvalue weighted by Crippen LogP contribution is 2.36. The van der Waals surface area contributed by atoms with Gasteiger partial charge in [0.1, 0.15) is 0 Å². The van der Waals surface area contributed by atoms with E-state index in [1.165, 1.54) is 0 Å². The molecule has 0 aliphatic carbocycles. The number of ether oxygens (including phenoxy) is 1. The summed E-state index contributed by atoms with van der Waals surface area (Å²) < 4.78 is 86.2. The van der Waals surface area contributed by atoms with Crippen LogP contribution in [0, 0.1) is 0 Å². The van der Waals surface area contributed by atoms with Gasteiger partial charge in [0.2, 0.25) is 0 Å². The molecule has 3 heterocycles. The van der Waals surface area contributed by atoms with Crippen LogP contribution in [0.4, 0.5) is 5.13 Å². The van der Waals surface area contributed by atoms with Crippen LogP contribution in [0.1, 0.15) is 40.0 Å². The highest BCUT2D eigenvalue weighted by molar-refractivity contribution is 7.14. The minimum atomic E-state index is -3.17. The van der Waals surface area contributed by atoms with Crippen molar-refractivity contribution in [3.05, 3.63) is 5.36 Å². The van der Waals surface area contributed by atoms with E-state index in [9.17, 15) is 0 Å². The molecule has 5 nitrogen and oxygen atoms in total. The fourth-order valence-corrected chi connectivity index (χ4v) is 2.41. The summed E-state index contributed by atoms with van der Waals surface area (Å²) in [4.78, 5) is 4.66. The van der Waals surface area contributed by atoms with Crippen molar-refractivity contribution in [2.24, 2.45) is 0 Å². The van der Waals surface area contributed by atoms with Crippen LogP contribution >= 0.6 is 11.3 Å². The largest absolute Gasteiger partial charge is 0.515 e. The van der Waals surface area contributed by atoms with Gasteiger partial charge in [-0.3, -0.25) is 0 Å². The summed E-state index contributed by atoms with van der Waals surface area (Å²) in [5.74, 6) is 0. The van der Waals surface area contributed by atoms with Crippen LogP contribution in [0.3, 0.4) is 0 Å². The van der Waals surface area contributed by atoms with Gasteiger partial charge in [-0.05, 0) is 27.7 Å². The van der Waals surface area contributed by atoms with Crippen molar-refractivity contribution in [3.8, 4) is 0 Å². The molecule has 7 heteroatoms. The van der Waals surface area contributed by atoms with Crippen molar-refractivity contribution in [1.29, 1.82) is 0 Å². The summed E-state index contributed by atoms with van der Waals surface area (Å²) >= 11 is 0.671. The van der Waals surface area contributed by atoms with Gasteiger partial charge in [0.05, 0.1) is 35.2 Å². The Morgan fingerprint density at radius 1 is 1.55 bits per heavy atom. The molecule has 0 unspecified atom stereocenters. The molecule has 1 aromatic rings. The molecule has 0 aromatic carbocycles. The van der Waals surface area contributed by atoms with Crippen LogP contribution in [0.2, 0.25) is 0 Å². The van der Waals surface area contributed by atoms with Crippen LogP contribution in [-0.4, -0.2) is 49.4 Å². The second kappa shape index (κ2) is 4.69. The molecule has 3 rings (SSSR count). The number of nitrogens with zero attached hydrogens (tertiary/aromatic N) is 2. The lowest BCUT2D eigenvalue weighted by molar-refractivity contribution is 0.00578. The summed E-state index contributed by atoms with van der Waals surface area (Å²) in [7, 11) is -4.18. The molecule has 0 saturated carbocycles. The zero-order chi connectivity index (χ0) is 22.4. The Morgan fingerprint density at radius 2 is 2.20 bits per heavy atom. The molecule has 2 aliphatic rings. The first kappa shape index (κ1) is 7.09. The van der Waals surface area contributed by atoms with Gasteiger partial charge in [0.25, 0.3) is 0 Å². The summed E-state index contributed by atoms with van der Waals surface area (Å²) in [5.41, 5.74) is -1.34. The first-order valence-corrected chi connectivity index (χ1v) is 6.92. The van der Waals surface area contributed by atoms with Crippen LogP contribution in [0.5, 0.6) is 0 Å². The maximum absolute atomic E-state index is 8.17. The Morgan fingerprint density at radius 3 is 2.80 bits per heavy atom. The van der Waals surface area contributed by atoms with Crippen LogP contribution in [0.25, 0.3) is 0 Å². The van der Waals surface area contributed by atoms with E-state index in [1.54, 1.807) is 0 Å². The average Bonchev–Trinajstić information content (AvgIpc) is 2.93. The van der Waals surface area contributed by atoms with Gasteiger partial charge >= 0.3 is 7.12 Å². The summed E-state index contributed by atoms with van der Waals surface area (Å²) in [6, 6.07) is 0. The molecule has 0 amide bonds. The smallest absolute Gasteiger partial charge is 0.398 e. The van der Waals surface area contributed by atoms with E-state index < -0.39 is 44.4 Å². The second-order valence-electron chi connectivity index (χ2n) is 5.56. The van der Waals surface area contributed by atoms with Gasteiger partial charge in [-0.25, -0.2) is 4.98 Å². The summed E-state index contributed by atoms with van der Waals surface area (Å²) in [6.45, 7) is 1.55. The van der Waals surface area contributed by atoms with Crippen LogP contribution < -0.4 is 10.5 Å². The van der Waals surface area contributed by atoms with Gasteiger partial charge in [-0.1, -0.05) is 0 Å². The molecule has 0 N–H and O–H groups in total. The van der Waals surface area contributed by atoms with E-state index in [0.717, 1.165) is 0 Å². The third-order valence-electron chi connectivity index (χ3n) is 3.66. The molecule has 1 aromatic heterocycles. The Kier molecular flexibility index (Phi) is 1.66. The van der Waals surface area contributed by atoms with E-state index in [1.807, 2.05) is 27.7 Å². The third kappa shape index (κ3) is 2.26. The monoisotopic (exact) mass is 305 g/mol. The molecule has 110 valence electrons. The number of anilines is 1. The van der Waals surface area contributed by atoms with E-state index in [-0.39, 0.29) is 16.1 Å². The Balaban J connectivity index is 1.95. The number of methoxy groups -OCH3 is 1. The average molecular weight is 305 g/mol. The first-order chi connectivity index (χ1) is 12.8. The zero-order valence-corrected chi connectivity index (χ0v) is 12.4. The normalized spacial score (nSPS) is 38.9. The van der Waals surface area contributed by atoms with Crippen molar-refractivity contribution < 1.29 is 26.4 Å². The topological polar surface area (TPSA) is 43.8 Å². The highest BCUT2D eigenvalue weighted by Gasteiger charge is 2.52. The first-order valence-electron chi connectivity index (χ1n) is 10.6. The van der Waals surface area contributed by atoms with Crippen molar-refractivity contribution >= 4 is 29.2 Å². The van der Waals surface area contributed by atoms with Crippen molar-refractivity contribution in [1.82, 2.24) is 4.98 Å². The number of rotatable bonds is 3. The SMILES string of the molecule is [2H]c1sc(N2C([2H])([2H])C([2H])(OC([2H])([2H])[2H])C2([2H])[2H])nc1B1OC(C)(C)C(C)(C)O1. The van der Waals surface area contributed by atoms with Crippen molar-refractivity contribution in [2.75, 3.05) is 24.9 Å². The third-order valence-corrected chi connectivity index (χ3v) is 4.43. The molecule has 2 fully saturated rings. The lowest BCUT2D eigenvalue weighted by Crippen LogP contribution is -2.52. The standard InChI is InChI=1S/C13H21BN2O3S/c1-12(2)13(3,4)19-14(18-12)10-8-20-11(15-10)16-6-9(7-16)17-5/h8-9H,6-7H2,1-5H3/i5D3,6D2,7D2,8D,9D. The molecule has 0 spiro atoms. The molecule has 0 bridgehead atoms. The van der Waals surface area contributed by atoms with E-state index in [4.69, 9.17) is 21.6 Å². The maximum atomic E-state index is 8.17. The molecular formula is C13H21BN2O3S. The van der Waals surface area contributed by atoms with E-state index in [0.29, 0.717) is 16.2 Å². The van der Waals surface area contributed by atoms with Gasteiger partial charge < -0.3 is 18.9 Å².